The van der Waals surface area contributed by atoms with Gasteiger partial charge in [0.2, 0.25) is 5.56 Å². The van der Waals surface area contributed by atoms with E-state index in [4.69, 9.17) is 9.47 Å². The third-order valence-electron chi connectivity index (χ3n) is 5.85. The lowest BCUT2D eigenvalue weighted by molar-refractivity contribution is 0.172. The molecule has 3 aromatic carbocycles. The number of aromatic nitrogens is 1. The van der Waals surface area contributed by atoms with E-state index in [2.05, 4.69) is 17.2 Å². The van der Waals surface area contributed by atoms with Crippen molar-refractivity contribution in [3.8, 4) is 11.5 Å². The molecule has 1 aromatic heterocycles. The first-order valence-electron chi connectivity index (χ1n) is 11.4. The molecular weight excluding hydrogens is 464 g/mol. The molecule has 4 aromatic rings. The van der Waals surface area contributed by atoms with Gasteiger partial charge >= 0.3 is 0 Å². The van der Waals surface area contributed by atoms with Gasteiger partial charge in [0.25, 0.3) is 0 Å². The number of methoxy groups -OCH3 is 1. The minimum absolute atomic E-state index is 0. The van der Waals surface area contributed by atoms with Gasteiger partial charge in [-0.25, -0.2) is 0 Å². The summed E-state index contributed by atoms with van der Waals surface area (Å²) >= 11 is 0. The lowest BCUT2D eigenvalue weighted by Crippen LogP contribution is -2.32. The molecule has 0 saturated heterocycles. The van der Waals surface area contributed by atoms with Crippen LogP contribution in [0.3, 0.4) is 0 Å². The standard InChI is InChI=1S/C28H30N2O4.ClH/c1-19(16-20-8-10-22(33-2)11-9-20)29-17-25(31)23-12-14-26(28-24(23)13-15-27(32)30-28)34-18-21-6-4-3-5-7-21;/h3-15,19,25,29,31H,16-18H2,1-2H3,(H,30,32);1H/t19-,25+;/m1./s1. The highest BCUT2D eigenvalue weighted by atomic mass is 35.5. The molecule has 2 atom stereocenters. The summed E-state index contributed by atoms with van der Waals surface area (Å²) in [6.07, 6.45) is 0.0896. The molecule has 0 unspecified atom stereocenters. The van der Waals surface area contributed by atoms with Crippen molar-refractivity contribution >= 4 is 23.3 Å². The van der Waals surface area contributed by atoms with E-state index in [1.54, 1.807) is 19.2 Å². The summed E-state index contributed by atoms with van der Waals surface area (Å²) in [5, 5.41) is 15.1. The number of aromatic amines is 1. The normalized spacial score (nSPS) is 12.5. The number of ether oxygens (including phenoxy) is 2. The zero-order valence-electron chi connectivity index (χ0n) is 19.9. The number of H-pyrrole nitrogens is 1. The SMILES string of the molecule is COc1ccc(C[C@@H](C)NC[C@H](O)c2ccc(OCc3ccccc3)c3[nH]c(=O)ccc23)cc1.Cl. The van der Waals surface area contributed by atoms with Gasteiger partial charge in [0.15, 0.2) is 0 Å². The Kier molecular flexibility index (Phi) is 9.32. The number of hydrogen-bond acceptors (Lipinski definition) is 5. The summed E-state index contributed by atoms with van der Waals surface area (Å²) in [4.78, 5) is 14.9. The smallest absolute Gasteiger partial charge is 0.248 e. The summed E-state index contributed by atoms with van der Waals surface area (Å²) in [5.41, 5.74) is 3.34. The molecule has 0 spiro atoms. The lowest BCUT2D eigenvalue weighted by Gasteiger charge is -2.20. The average Bonchev–Trinajstić information content (AvgIpc) is 2.87. The second kappa shape index (κ2) is 12.4. The van der Waals surface area contributed by atoms with Crippen LogP contribution in [0.2, 0.25) is 0 Å². The van der Waals surface area contributed by atoms with Crippen LogP contribution in [-0.2, 0) is 13.0 Å². The number of fused-ring (bicyclic) bond motifs is 1. The largest absolute Gasteiger partial charge is 0.497 e. The molecular formula is C28H31ClN2O4. The number of pyridine rings is 1. The molecule has 4 rings (SSSR count). The summed E-state index contributed by atoms with van der Waals surface area (Å²) in [7, 11) is 1.65. The van der Waals surface area contributed by atoms with E-state index in [9.17, 15) is 9.90 Å². The molecule has 0 aliphatic heterocycles. The number of halogens is 1. The Morgan fingerprint density at radius 2 is 1.69 bits per heavy atom. The maximum absolute atomic E-state index is 12.0. The van der Waals surface area contributed by atoms with E-state index in [0.29, 0.717) is 24.4 Å². The predicted molar refractivity (Wildman–Crippen MR) is 142 cm³/mol. The molecule has 6 nitrogen and oxygen atoms in total. The predicted octanol–water partition coefficient (Wildman–Crippen LogP) is 4.79. The number of hydrogen-bond donors (Lipinski definition) is 3. The molecule has 1 heterocycles. The van der Waals surface area contributed by atoms with Crippen LogP contribution >= 0.6 is 12.4 Å². The highest BCUT2D eigenvalue weighted by Gasteiger charge is 2.16. The highest BCUT2D eigenvalue weighted by Crippen LogP contribution is 2.30. The van der Waals surface area contributed by atoms with E-state index in [-0.39, 0.29) is 24.0 Å². The fourth-order valence-electron chi connectivity index (χ4n) is 4.00. The number of nitrogens with one attached hydrogen (secondary N) is 2. The van der Waals surface area contributed by atoms with Gasteiger partial charge in [-0.1, -0.05) is 48.5 Å². The maximum atomic E-state index is 12.0. The van der Waals surface area contributed by atoms with E-state index in [1.165, 1.54) is 11.6 Å². The van der Waals surface area contributed by atoms with Gasteiger partial charge in [-0.15, -0.1) is 12.4 Å². The van der Waals surface area contributed by atoms with Crippen LogP contribution in [0.25, 0.3) is 10.9 Å². The molecule has 184 valence electrons. The van der Waals surface area contributed by atoms with Gasteiger partial charge in [-0.3, -0.25) is 4.79 Å². The van der Waals surface area contributed by atoms with Crippen molar-refractivity contribution in [3.05, 3.63) is 106 Å². The summed E-state index contributed by atoms with van der Waals surface area (Å²) in [5.74, 6) is 1.41. The van der Waals surface area contributed by atoms with Crippen molar-refractivity contribution < 1.29 is 14.6 Å². The number of aliphatic hydroxyl groups is 1. The van der Waals surface area contributed by atoms with Gasteiger partial charge in [0, 0.05) is 24.0 Å². The zero-order valence-corrected chi connectivity index (χ0v) is 20.7. The van der Waals surface area contributed by atoms with Crippen LogP contribution in [0.4, 0.5) is 0 Å². The van der Waals surface area contributed by atoms with Crippen LogP contribution in [0, 0.1) is 0 Å². The number of rotatable bonds is 10. The Balaban J connectivity index is 0.00000342. The molecule has 3 N–H and O–H groups in total. The lowest BCUT2D eigenvalue weighted by atomic mass is 10.0. The van der Waals surface area contributed by atoms with Gasteiger partial charge in [-0.05, 0) is 54.3 Å². The van der Waals surface area contributed by atoms with E-state index in [0.717, 1.165) is 28.7 Å². The van der Waals surface area contributed by atoms with Crippen LogP contribution in [-0.4, -0.2) is 29.8 Å². The van der Waals surface area contributed by atoms with Gasteiger partial charge in [-0.2, -0.15) is 0 Å². The third kappa shape index (κ3) is 6.85. The summed E-state index contributed by atoms with van der Waals surface area (Å²) < 4.78 is 11.2. The van der Waals surface area contributed by atoms with Crippen molar-refractivity contribution in [2.24, 2.45) is 0 Å². The molecule has 0 aliphatic rings. The third-order valence-corrected chi connectivity index (χ3v) is 5.85. The molecule has 0 amide bonds. The van der Waals surface area contributed by atoms with Crippen molar-refractivity contribution in [2.45, 2.75) is 32.1 Å². The van der Waals surface area contributed by atoms with Crippen LogP contribution in [0.1, 0.15) is 29.7 Å². The van der Waals surface area contributed by atoms with Crippen LogP contribution in [0.15, 0.2) is 83.7 Å². The minimum Gasteiger partial charge on any atom is -0.497 e. The molecule has 0 fully saturated rings. The van der Waals surface area contributed by atoms with Gasteiger partial charge in [0.05, 0.1) is 18.7 Å². The fourth-order valence-corrected chi connectivity index (χ4v) is 4.00. The molecule has 7 heteroatoms. The molecule has 35 heavy (non-hydrogen) atoms. The Morgan fingerprint density at radius 1 is 0.943 bits per heavy atom. The van der Waals surface area contributed by atoms with E-state index >= 15 is 0 Å². The van der Waals surface area contributed by atoms with Crippen molar-refractivity contribution in [3.63, 3.8) is 0 Å². The molecule has 0 bridgehead atoms. The monoisotopic (exact) mass is 494 g/mol. The van der Waals surface area contributed by atoms with Crippen molar-refractivity contribution in [2.75, 3.05) is 13.7 Å². The molecule has 0 aliphatic carbocycles. The topological polar surface area (TPSA) is 83.6 Å². The Hall–Kier alpha value is -3.32. The van der Waals surface area contributed by atoms with Gasteiger partial charge in [0.1, 0.15) is 18.1 Å². The molecule has 0 radical (unpaired) electrons. The maximum Gasteiger partial charge on any atom is 0.248 e. The minimum atomic E-state index is -0.741. The number of aliphatic hydroxyl groups excluding tert-OH is 1. The Bertz CT molecular complexity index is 1280. The summed E-state index contributed by atoms with van der Waals surface area (Å²) in [6.45, 7) is 2.86. The van der Waals surface area contributed by atoms with E-state index in [1.807, 2.05) is 60.7 Å². The van der Waals surface area contributed by atoms with Crippen molar-refractivity contribution in [1.82, 2.24) is 10.3 Å². The Labute approximate surface area is 211 Å². The highest BCUT2D eigenvalue weighted by molar-refractivity contribution is 5.87. The first kappa shape index (κ1) is 26.3. The van der Waals surface area contributed by atoms with Crippen molar-refractivity contribution in [1.29, 1.82) is 0 Å². The fraction of sp³-hybridized carbons (Fsp3) is 0.250. The quantitative estimate of drug-likeness (QED) is 0.295. The van der Waals surface area contributed by atoms with Gasteiger partial charge < -0.3 is 24.9 Å². The summed E-state index contributed by atoms with van der Waals surface area (Å²) in [6, 6.07) is 24.9. The zero-order chi connectivity index (χ0) is 23.9. The van der Waals surface area contributed by atoms with Crippen LogP contribution < -0.4 is 20.3 Å². The molecule has 0 saturated carbocycles. The van der Waals surface area contributed by atoms with E-state index < -0.39 is 6.10 Å². The first-order chi connectivity index (χ1) is 16.5. The second-order valence-corrected chi connectivity index (χ2v) is 8.42. The Morgan fingerprint density at radius 3 is 2.40 bits per heavy atom. The average molecular weight is 495 g/mol. The van der Waals surface area contributed by atoms with Crippen LogP contribution in [0.5, 0.6) is 11.5 Å². The number of benzene rings is 3. The second-order valence-electron chi connectivity index (χ2n) is 8.42. The first-order valence-corrected chi connectivity index (χ1v) is 11.4.